The molecule has 0 saturated carbocycles. The van der Waals surface area contributed by atoms with Crippen LogP contribution < -0.4 is 5.32 Å². The Hall–Kier alpha value is -0.430. The second-order valence-corrected chi connectivity index (χ2v) is 7.62. The first kappa shape index (κ1) is 15.6. The molecule has 0 aliphatic rings. The van der Waals surface area contributed by atoms with E-state index < -0.39 is 10.0 Å². The first-order valence-corrected chi connectivity index (χ1v) is 8.42. The van der Waals surface area contributed by atoms with Crippen LogP contribution in [0.4, 0.5) is 0 Å². The summed E-state index contributed by atoms with van der Waals surface area (Å²) in [6, 6.07) is 1.75. The van der Waals surface area contributed by atoms with Gasteiger partial charge in [-0.3, -0.25) is 0 Å². The Labute approximate surface area is 114 Å². The molecule has 4 nitrogen and oxygen atoms in total. The minimum absolute atomic E-state index is 0.375. The number of sulfonamides is 1. The van der Waals surface area contributed by atoms with Crippen LogP contribution in [0.15, 0.2) is 16.3 Å². The third kappa shape index (κ3) is 3.78. The molecule has 0 fully saturated rings. The van der Waals surface area contributed by atoms with Crippen molar-refractivity contribution in [2.24, 2.45) is 5.92 Å². The van der Waals surface area contributed by atoms with Gasteiger partial charge in [0.25, 0.3) is 0 Å². The molecule has 1 aromatic heterocycles. The maximum absolute atomic E-state index is 12.3. The van der Waals surface area contributed by atoms with Gasteiger partial charge in [-0.1, -0.05) is 20.3 Å². The highest BCUT2D eigenvalue weighted by atomic mass is 32.2. The second kappa shape index (κ2) is 6.65. The van der Waals surface area contributed by atoms with E-state index in [1.807, 2.05) is 7.05 Å². The van der Waals surface area contributed by atoms with E-state index in [4.69, 9.17) is 0 Å². The lowest BCUT2D eigenvalue weighted by atomic mass is 10.1. The Bertz CT molecular complexity index is 468. The average molecular weight is 290 g/mol. The molecule has 0 saturated heterocycles. The van der Waals surface area contributed by atoms with Crippen LogP contribution in [0.25, 0.3) is 0 Å². The minimum atomic E-state index is -3.33. The van der Waals surface area contributed by atoms with Gasteiger partial charge in [-0.05, 0) is 19.0 Å². The van der Waals surface area contributed by atoms with Crippen molar-refractivity contribution in [3.05, 3.63) is 16.3 Å². The lowest BCUT2D eigenvalue weighted by molar-refractivity contribution is 0.394. The SMILES string of the molecule is CCC(C)CN(C)S(=O)(=O)c1csc(CNC)c1. The van der Waals surface area contributed by atoms with E-state index in [9.17, 15) is 8.42 Å². The summed E-state index contributed by atoms with van der Waals surface area (Å²) in [6.45, 7) is 5.40. The Morgan fingerprint density at radius 1 is 1.50 bits per heavy atom. The van der Waals surface area contributed by atoms with Crippen LogP contribution >= 0.6 is 11.3 Å². The van der Waals surface area contributed by atoms with Crippen LogP contribution in [-0.2, 0) is 16.6 Å². The van der Waals surface area contributed by atoms with Crippen LogP contribution in [0.3, 0.4) is 0 Å². The van der Waals surface area contributed by atoms with Crippen molar-refractivity contribution in [2.75, 3.05) is 20.6 Å². The molecule has 1 aromatic rings. The highest BCUT2D eigenvalue weighted by molar-refractivity contribution is 7.89. The van der Waals surface area contributed by atoms with Gasteiger partial charge >= 0.3 is 0 Å². The van der Waals surface area contributed by atoms with E-state index in [1.54, 1.807) is 18.5 Å². The second-order valence-electron chi connectivity index (χ2n) is 4.58. The van der Waals surface area contributed by atoms with E-state index in [0.717, 1.165) is 11.3 Å². The molecule has 1 atom stereocenters. The number of thiophene rings is 1. The van der Waals surface area contributed by atoms with Gasteiger partial charge in [0, 0.05) is 30.4 Å². The molecule has 0 bridgehead atoms. The number of nitrogens with zero attached hydrogens (tertiary/aromatic N) is 1. The van der Waals surface area contributed by atoms with Crippen LogP contribution in [0.1, 0.15) is 25.1 Å². The normalized spacial score (nSPS) is 14.1. The summed E-state index contributed by atoms with van der Waals surface area (Å²) < 4.78 is 26.1. The summed E-state index contributed by atoms with van der Waals surface area (Å²) >= 11 is 1.47. The van der Waals surface area contributed by atoms with Gasteiger partial charge in [-0.2, -0.15) is 0 Å². The van der Waals surface area contributed by atoms with Gasteiger partial charge in [0.2, 0.25) is 10.0 Å². The van der Waals surface area contributed by atoms with Gasteiger partial charge in [-0.25, -0.2) is 12.7 Å². The number of hydrogen-bond acceptors (Lipinski definition) is 4. The molecule has 1 rings (SSSR count). The van der Waals surface area contributed by atoms with Crippen molar-refractivity contribution in [1.82, 2.24) is 9.62 Å². The maximum atomic E-state index is 12.3. The molecule has 18 heavy (non-hydrogen) atoms. The fraction of sp³-hybridized carbons (Fsp3) is 0.667. The van der Waals surface area contributed by atoms with E-state index in [-0.39, 0.29) is 0 Å². The third-order valence-electron chi connectivity index (χ3n) is 2.95. The van der Waals surface area contributed by atoms with Crippen LogP contribution in [-0.4, -0.2) is 33.4 Å². The zero-order valence-corrected chi connectivity index (χ0v) is 13.1. The van der Waals surface area contributed by atoms with Crippen LogP contribution in [0.2, 0.25) is 0 Å². The molecule has 0 amide bonds. The number of nitrogens with one attached hydrogen (secondary N) is 1. The quantitative estimate of drug-likeness (QED) is 0.837. The molecule has 0 aromatic carbocycles. The molecular weight excluding hydrogens is 268 g/mol. The van der Waals surface area contributed by atoms with Gasteiger partial charge in [0.1, 0.15) is 0 Å². The molecule has 0 radical (unpaired) electrons. The molecule has 0 spiro atoms. The molecule has 1 unspecified atom stereocenters. The molecular formula is C12H22N2O2S2. The van der Waals surface area contributed by atoms with E-state index in [1.165, 1.54) is 15.6 Å². The Kier molecular flexibility index (Phi) is 5.78. The maximum Gasteiger partial charge on any atom is 0.243 e. The summed E-state index contributed by atoms with van der Waals surface area (Å²) in [5.41, 5.74) is 0. The van der Waals surface area contributed by atoms with E-state index in [2.05, 4.69) is 19.2 Å². The zero-order valence-electron chi connectivity index (χ0n) is 11.4. The van der Waals surface area contributed by atoms with Gasteiger partial charge in [0.05, 0.1) is 4.90 Å². The summed E-state index contributed by atoms with van der Waals surface area (Å²) in [7, 11) is 0.174. The molecule has 6 heteroatoms. The average Bonchev–Trinajstić information content (AvgIpc) is 2.78. The summed E-state index contributed by atoms with van der Waals surface area (Å²) in [5, 5.41) is 4.74. The summed E-state index contributed by atoms with van der Waals surface area (Å²) in [4.78, 5) is 1.44. The largest absolute Gasteiger partial charge is 0.315 e. The smallest absolute Gasteiger partial charge is 0.243 e. The Morgan fingerprint density at radius 2 is 2.17 bits per heavy atom. The van der Waals surface area contributed by atoms with Crippen LogP contribution in [0.5, 0.6) is 0 Å². The summed E-state index contributed by atoms with van der Waals surface area (Å²) in [5.74, 6) is 0.375. The fourth-order valence-electron chi connectivity index (χ4n) is 1.61. The first-order chi connectivity index (χ1) is 8.41. The molecule has 0 aliphatic heterocycles. The number of rotatable bonds is 7. The Morgan fingerprint density at radius 3 is 2.72 bits per heavy atom. The van der Waals surface area contributed by atoms with Crippen molar-refractivity contribution in [1.29, 1.82) is 0 Å². The topological polar surface area (TPSA) is 49.4 Å². The fourth-order valence-corrected chi connectivity index (χ4v) is 4.17. The molecule has 1 N–H and O–H groups in total. The first-order valence-electron chi connectivity index (χ1n) is 6.10. The van der Waals surface area contributed by atoms with Crippen molar-refractivity contribution < 1.29 is 8.42 Å². The zero-order chi connectivity index (χ0) is 13.8. The summed E-state index contributed by atoms with van der Waals surface area (Å²) in [6.07, 6.45) is 0.981. The van der Waals surface area contributed by atoms with E-state index >= 15 is 0 Å². The van der Waals surface area contributed by atoms with Crippen molar-refractivity contribution in [2.45, 2.75) is 31.7 Å². The van der Waals surface area contributed by atoms with E-state index in [0.29, 0.717) is 23.9 Å². The van der Waals surface area contributed by atoms with Crippen molar-refractivity contribution >= 4 is 21.4 Å². The predicted octanol–water partition coefficient (Wildman–Crippen LogP) is 2.13. The molecule has 0 aliphatic carbocycles. The number of hydrogen-bond donors (Lipinski definition) is 1. The van der Waals surface area contributed by atoms with Gasteiger partial charge in [-0.15, -0.1) is 11.3 Å². The van der Waals surface area contributed by atoms with Crippen LogP contribution in [0, 0.1) is 5.92 Å². The predicted molar refractivity (Wildman–Crippen MR) is 76.4 cm³/mol. The molecule has 104 valence electrons. The van der Waals surface area contributed by atoms with Gasteiger partial charge < -0.3 is 5.32 Å². The van der Waals surface area contributed by atoms with Crippen molar-refractivity contribution in [3.8, 4) is 0 Å². The molecule has 1 heterocycles. The van der Waals surface area contributed by atoms with Gasteiger partial charge in [0.15, 0.2) is 0 Å². The highest BCUT2D eigenvalue weighted by Crippen LogP contribution is 2.22. The standard InChI is InChI=1S/C12H22N2O2S2/c1-5-10(2)8-14(4)18(15,16)12-6-11(7-13-3)17-9-12/h6,9-10,13H,5,7-8H2,1-4H3. The lowest BCUT2D eigenvalue weighted by Crippen LogP contribution is -2.30. The highest BCUT2D eigenvalue weighted by Gasteiger charge is 2.23. The monoisotopic (exact) mass is 290 g/mol. The van der Waals surface area contributed by atoms with Crippen molar-refractivity contribution in [3.63, 3.8) is 0 Å². The minimum Gasteiger partial charge on any atom is -0.315 e. The lowest BCUT2D eigenvalue weighted by Gasteiger charge is -2.19. The third-order valence-corrected chi connectivity index (χ3v) is 5.84. The Balaban J connectivity index is 2.84.